The van der Waals surface area contributed by atoms with Gasteiger partial charge in [-0.05, 0) is 78.3 Å². The molecular formula is C29H33NO2. The molecule has 3 aromatic rings. The minimum atomic E-state index is 0.778. The molecular weight excluding hydrogens is 394 g/mol. The maximum absolute atomic E-state index is 5.44. The number of ether oxygens (including phenoxy) is 2. The molecule has 32 heavy (non-hydrogen) atoms. The summed E-state index contributed by atoms with van der Waals surface area (Å²) in [6.07, 6.45) is 6.67. The standard InChI is InChI=1S/C29H33NO2/c1-30(20-18-22-14-17-28(31-2)29(21-22)32-3)19-8-13-27-25-11-6-4-9-23(25)15-16-24-10-5-7-12-26(24)27/h4-7,9-14,17,21H,8,15-16,18-20H2,1-3H3. The molecule has 3 heteroatoms. The molecule has 1 aliphatic rings. The van der Waals surface area contributed by atoms with Gasteiger partial charge in [0.25, 0.3) is 0 Å². The van der Waals surface area contributed by atoms with Gasteiger partial charge in [0.15, 0.2) is 11.5 Å². The van der Waals surface area contributed by atoms with Gasteiger partial charge in [-0.3, -0.25) is 0 Å². The molecule has 0 bridgehead atoms. The molecule has 0 fully saturated rings. The van der Waals surface area contributed by atoms with E-state index in [0.717, 1.165) is 50.3 Å². The molecule has 1 aliphatic carbocycles. The molecule has 0 atom stereocenters. The van der Waals surface area contributed by atoms with Crippen LogP contribution in [0.3, 0.4) is 0 Å². The lowest BCUT2D eigenvalue weighted by Gasteiger charge is -2.17. The zero-order valence-electron chi connectivity index (χ0n) is 19.4. The topological polar surface area (TPSA) is 21.7 Å². The summed E-state index contributed by atoms with van der Waals surface area (Å²) < 4.78 is 10.8. The van der Waals surface area contributed by atoms with Crippen molar-refractivity contribution in [2.24, 2.45) is 0 Å². The summed E-state index contributed by atoms with van der Waals surface area (Å²) in [5, 5.41) is 0. The fraction of sp³-hybridized carbons (Fsp3) is 0.310. The highest BCUT2D eigenvalue weighted by Gasteiger charge is 2.17. The number of likely N-dealkylation sites (N-methyl/N-ethyl adjacent to an activating group) is 1. The smallest absolute Gasteiger partial charge is 0.160 e. The first-order valence-corrected chi connectivity index (χ1v) is 11.5. The van der Waals surface area contributed by atoms with Gasteiger partial charge in [-0.15, -0.1) is 0 Å². The van der Waals surface area contributed by atoms with Crippen LogP contribution in [0.15, 0.2) is 72.8 Å². The molecule has 0 N–H and O–H groups in total. The van der Waals surface area contributed by atoms with Crippen molar-refractivity contribution in [3.05, 3.63) is 101 Å². The van der Waals surface area contributed by atoms with Crippen LogP contribution in [-0.4, -0.2) is 39.3 Å². The van der Waals surface area contributed by atoms with Gasteiger partial charge in [-0.25, -0.2) is 0 Å². The fourth-order valence-corrected chi connectivity index (χ4v) is 4.53. The first-order chi connectivity index (χ1) is 15.7. The van der Waals surface area contributed by atoms with E-state index in [1.807, 2.05) is 6.07 Å². The summed E-state index contributed by atoms with van der Waals surface area (Å²) in [4.78, 5) is 2.41. The van der Waals surface area contributed by atoms with Crippen molar-refractivity contribution in [3.8, 4) is 11.5 Å². The minimum Gasteiger partial charge on any atom is -0.493 e. The lowest BCUT2D eigenvalue weighted by Crippen LogP contribution is -2.22. The minimum absolute atomic E-state index is 0.778. The molecule has 0 saturated heterocycles. The SMILES string of the molecule is COc1ccc(CCN(C)CCC=C2c3ccccc3CCc3ccccc32)cc1OC. The summed E-state index contributed by atoms with van der Waals surface area (Å²) in [6.45, 7) is 2.03. The molecule has 166 valence electrons. The summed E-state index contributed by atoms with van der Waals surface area (Å²) in [7, 11) is 5.56. The van der Waals surface area contributed by atoms with Gasteiger partial charge in [-0.1, -0.05) is 60.7 Å². The number of hydrogen-bond donors (Lipinski definition) is 0. The number of hydrogen-bond acceptors (Lipinski definition) is 3. The van der Waals surface area contributed by atoms with E-state index >= 15 is 0 Å². The highest BCUT2D eigenvalue weighted by Crippen LogP contribution is 2.33. The zero-order valence-corrected chi connectivity index (χ0v) is 19.4. The first kappa shape index (κ1) is 22.2. The van der Waals surface area contributed by atoms with Crippen molar-refractivity contribution in [1.82, 2.24) is 4.90 Å². The van der Waals surface area contributed by atoms with E-state index in [1.165, 1.54) is 33.4 Å². The molecule has 0 aromatic heterocycles. The van der Waals surface area contributed by atoms with Crippen LogP contribution in [0.1, 0.15) is 34.2 Å². The molecule has 0 spiro atoms. The Morgan fingerprint density at radius 2 is 1.41 bits per heavy atom. The second-order valence-electron chi connectivity index (χ2n) is 8.46. The number of methoxy groups -OCH3 is 2. The average molecular weight is 428 g/mol. The van der Waals surface area contributed by atoms with E-state index in [4.69, 9.17) is 9.47 Å². The number of nitrogens with zero attached hydrogens (tertiary/aromatic N) is 1. The fourth-order valence-electron chi connectivity index (χ4n) is 4.53. The number of rotatable bonds is 8. The summed E-state index contributed by atoms with van der Waals surface area (Å²) >= 11 is 0. The predicted molar refractivity (Wildman–Crippen MR) is 133 cm³/mol. The Hall–Kier alpha value is -3.04. The van der Waals surface area contributed by atoms with E-state index in [9.17, 15) is 0 Å². The van der Waals surface area contributed by atoms with Crippen LogP contribution in [0.4, 0.5) is 0 Å². The molecule has 0 unspecified atom stereocenters. The monoisotopic (exact) mass is 427 g/mol. The Labute approximate surface area is 192 Å². The second-order valence-corrected chi connectivity index (χ2v) is 8.46. The van der Waals surface area contributed by atoms with Crippen molar-refractivity contribution < 1.29 is 9.47 Å². The normalized spacial score (nSPS) is 12.7. The summed E-state index contributed by atoms with van der Waals surface area (Å²) in [5.74, 6) is 1.57. The highest BCUT2D eigenvalue weighted by molar-refractivity contribution is 5.83. The quantitative estimate of drug-likeness (QED) is 0.454. The maximum atomic E-state index is 5.44. The maximum Gasteiger partial charge on any atom is 0.160 e. The second kappa shape index (κ2) is 10.5. The Morgan fingerprint density at radius 3 is 2.03 bits per heavy atom. The van der Waals surface area contributed by atoms with E-state index in [2.05, 4.69) is 78.7 Å². The number of fused-ring (bicyclic) bond motifs is 2. The third kappa shape index (κ3) is 5.05. The highest BCUT2D eigenvalue weighted by atomic mass is 16.5. The van der Waals surface area contributed by atoms with Crippen LogP contribution in [0.5, 0.6) is 11.5 Å². The lowest BCUT2D eigenvalue weighted by atomic mass is 9.93. The van der Waals surface area contributed by atoms with E-state index in [0.29, 0.717) is 0 Å². The predicted octanol–water partition coefficient (Wildman–Crippen LogP) is 5.80. The molecule has 0 aliphatic heterocycles. The first-order valence-electron chi connectivity index (χ1n) is 11.5. The van der Waals surface area contributed by atoms with Gasteiger partial charge >= 0.3 is 0 Å². The van der Waals surface area contributed by atoms with E-state index < -0.39 is 0 Å². The van der Waals surface area contributed by atoms with Gasteiger partial charge in [0, 0.05) is 13.1 Å². The van der Waals surface area contributed by atoms with Gasteiger partial charge in [0.2, 0.25) is 0 Å². The van der Waals surface area contributed by atoms with Crippen LogP contribution >= 0.6 is 0 Å². The van der Waals surface area contributed by atoms with Gasteiger partial charge in [0.05, 0.1) is 14.2 Å². The average Bonchev–Trinajstić information content (AvgIpc) is 3.00. The Bertz CT molecular complexity index is 1040. The van der Waals surface area contributed by atoms with Crippen molar-refractivity contribution in [1.29, 1.82) is 0 Å². The Morgan fingerprint density at radius 1 is 0.781 bits per heavy atom. The van der Waals surface area contributed by atoms with E-state index in [1.54, 1.807) is 14.2 Å². The van der Waals surface area contributed by atoms with Crippen LogP contribution in [0, 0.1) is 0 Å². The van der Waals surface area contributed by atoms with Crippen molar-refractivity contribution in [2.75, 3.05) is 34.4 Å². The molecule has 0 radical (unpaired) electrons. The molecule has 3 aromatic carbocycles. The molecule has 0 amide bonds. The van der Waals surface area contributed by atoms with Gasteiger partial charge in [0.1, 0.15) is 0 Å². The van der Waals surface area contributed by atoms with Crippen molar-refractivity contribution in [2.45, 2.75) is 25.7 Å². The van der Waals surface area contributed by atoms with Crippen LogP contribution in [0.25, 0.3) is 5.57 Å². The van der Waals surface area contributed by atoms with Crippen LogP contribution < -0.4 is 9.47 Å². The number of aryl methyl sites for hydroxylation is 2. The summed E-state index contributed by atoms with van der Waals surface area (Å²) in [5.41, 5.74) is 8.35. The van der Waals surface area contributed by atoms with Crippen LogP contribution in [0.2, 0.25) is 0 Å². The van der Waals surface area contributed by atoms with Crippen LogP contribution in [-0.2, 0) is 19.3 Å². The van der Waals surface area contributed by atoms with Crippen molar-refractivity contribution >= 4 is 5.57 Å². The molecule has 0 saturated carbocycles. The number of benzene rings is 3. The molecule has 4 rings (SSSR count). The molecule has 3 nitrogen and oxygen atoms in total. The third-order valence-electron chi connectivity index (χ3n) is 6.37. The van der Waals surface area contributed by atoms with E-state index in [-0.39, 0.29) is 0 Å². The Kier molecular flexibility index (Phi) is 7.28. The molecule has 0 heterocycles. The van der Waals surface area contributed by atoms with Crippen molar-refractivity contribution in [3.63, 3.8) is 0 Å². The van der Waals surface area contributed by atoms with Gasteiger partial charge in [-0.2, -0.15) is 0 Å². The largest absolute Gasteiger partial charge is 0.493 e. The Balaban J connectivity index is 1.43. The lowest BCUT2D eigenvalue weighted by molar-refractivity contribution is 0.342. The zero-order chi connectivity index (χ0) is 22.3. The summed E-state index contributed by atoms with van der Waals surface area (Å²) in [6, 6.07) is 24.0. The third-order valence-corrected chi connectivity index (χ3v) is 6.37. The van der Waals surface area contributed by atoms with Gasteiger partial charge < -0.3 is 14.4 Å².